The van der Waals surface area contributed by atoms with Gasteiger partial charge in [0.05, 0.1) is 27.6 Å². The molecule has 4 aromatic carbocycles. The van der Waals surface area contributed by atoms with Gasteiger partial charge in [-0.15, -0.1) is 0 Å². The second kappa shape index (κ2) is 18.6. The van der Waals surface area contributed by atoms with Gasteiger partial charge in [0.15, 0.2) is 0 Å². The summed E-state index contributed by atoms with van der Waals surface area (Å²) in [5.74, 6) is -0.778. The third-order valence-electron chi connectivity index (χ3n) is 9.76. The van der Waals surface area contributed by atoms with Crippen molar-refractivity contribution in [1.82, 2.24) is 10.6 Å². The topological polar surface area (TPSA) is 122 Å². The number of nitrogens with one attached hydrogen (secondary N) is 2. The van der Waals surface area contributed by atoms with E-state index >= 15 is 0 Å². The number of carbonyl (C=O) groups excluding carboxylic acids is 4. The Bertz CT molecular complexity index is 2490. The van der Waals surface area contributed by atoms with Gasteiger partial charge in [-0.25, -0.2) is 0 Å². The second-order valence-corrected chi connectivity index (χ2v) is 20.1. The number of aliphatic hydroxyl groups excluding tert-OH is 1. The Kier molecular flexibility index (Phi) is 15.0. The molecule has 0 saturated carbocycles. The van der Waals surface area contributed by atoms with E-state index in [1.165, 1.54) is 0 Å². The van der Waals surface area contributed by atoms with Gasteiger partial charge in [0.25, 0.3) is 11.8 Å². The summed E-state index contributed by atoms with van der Waals surface area (Å²) in [5, 5.41) is 17.8. The van der Waals surface area contributed by atoms with Crippen LogP contribution in [0.15, 0.2) is 84.3 Å². The summed E-state index contributed by atoms with van der Waals surface area (Å²) in [6.07, 6.45) is 0. The molecular weight excluding hydrogens is 878 g/mol. The lowest BCUT2D eigenvalue weighted by atomic mass is 9.93. The summed E-state index contributed by atoms with van der Waals surface area (Å²) in [6.45, 7) is 21.6. The van der Waals surface area contributed by atoms with E-state index in [9.17, 15) is 24.3 Å². The first-order valence-corrected chi connectivity index (χ1v) is 21.2. The van der Waals surface area contributed by atoms with Crippen LogP contribution in [0.4, 0.5) is 0 Å². The van der Waals surface area contributed by atoms with Gasteiger partial charge in [-0.1, -0.05) is 91.4 Å². The zero-order valence-corrected chi connectivity index (χ0v) is 40.1. The molecule has 0 atom stereocenters. The predicted octanol–water partition coefficient (Wildman–Crippen LogP) is 13.1. The minimum absolute atomic E-state index is 0.00399. The van der Waals surface area contributed by atoms with Crippen molar-refractivity contribution in [2.24, 2.45) is 10.8 Å². The standard InChI is InChI=1S/C24H25Cl2NO3.C19H17Cl2NO2.C5H9ClO/c1-13-10-17(18(26)12-16(13)14-8-7-9-15(25)11-14)19-20(24(5,6)27-21(19)28)30-22(29)23(2,3)4;1-10-7-14(16-17(23)19(2,3)22-18(16)24)15(21)9-13(10)11-5-4-6-12(20)8-11;1-5(2,3)4(6)7/h7-12H,1-6H3,(H,27,28);4-9,23H,1-3H3,(H,22,24);1-3H3. The number of rotatable bonds is 5. The van der Waals surface area contributed by atoms with Crippen molar-refractivity contribution in [2.75, 3.05) is 0 Å². The van der Waals surface area contributed by atoms with Gasteiger partial charge in [0.2, 0.25) is 5.24 Å². The first-order valence-electron chi connectivity index (χ1n) is 19.3. The second-order valence-electron chi connectivity index (χ2n) is 18.1. The summed E-state index contributed by atoms with van der Waals surface area (Å²) < 4.78 is 5.74. The van der Waals surface area contributed by atoms with Crippen molar-refractivity contribution in [2.45, 2.75) is 94.2 Å². The number of aliphatic hydroxyl groups is 1. The van der Waals surface area contributed by atoms with Gasteiger partial charge >= 0.3 is 5.97 Å². The fourth-order valence-corrected chi connectivity index (χ4v) is 7.14. The van der Waals surface area contributed by atoms with Crippen LogP contribution in [-0.2, 0) is 23.9 Å². The number of amides is 2. The number of hydrogen-bond acceptors (Lipinski definition) is 6. The largest absolute Gasteiger partial charge is 0.509 e. The number of carbonyl (C=O) groups is 4. The molecule has 2 amide bonds. The Morgan fingerprint density at radius 2 is 1.00 bits per heavy atom. The first-order chi connectivity index (χ1) is 28.0. The Morgan fingerprint density at radius 3 is 1.36 bits per heavy atom. The molecule has 0 fully saturated rings. The van der Waals surface area contributed by atoms with Gasteiger partial charge < -0.3 is 20.5 Å². The molecule has 2 aliphatic rings. The van der Waals surface area contributed by atoms with E-state index in [0.29, 0.717) is 31.2 Å². The zero-order chi connectivity index (χ0) is 46.2. The van der Waals surface area contributed by atoms with E-state index in [2.05, 4.69) is 10.6 Å². The van der Waals surface area contributed by atoms with Crippen LogP contribution in [-0.4, -0.2) is 39.2 Å². The molecule has 324 valence electrons. The average Bonchev–Trinajstić information content (AvgIpc) is 3.48. The van der Waals surface area contributed by atoms with Crippen molar-refractivity contribution in [3.8, 4) is 22.3 Å². The highest BCUT2D eigenvalue weighted by Gasteiger charge is 2.43. The Labute approximate surface area is 383 Å². The maximum atomic E-state index is 12.9. The van der Waals surface area contributed by atoms with Crippen LogP contribution in [0.25, 0.3) is 33.4 Å². The predicted molar refractivity (Wildman–Crippen MR) is 250 cm³/mol. The molecule has 0 aliphatic carbocycles. The number of hydrogen-bond donors (Lipinski definition) is 3. The van der Waals surface area contributed by atoms with Crippen LogP contribution in [0.2, 0.25) is 20.1 Å². The maximum Gasteiger partial charge on any atom is 0.316 e. The van der Waals surface area contributed by atoms with Crippen LogP contribution < -0.4 is 10.6 Å². The third-order valence-corrected chi connectivity index (χ3v) is 11.4. The van der Waals surface area contributed by atoms with Crippen LogP contribution in [0.1, 0.15) is 91.5 Å². The Hall–Kier alpha value is -4.31. The highest BCUT2D eigenvalue weighted by molar-refractivity contribution is 6.64. The van der Waals surface area contributed by atoms with Crippen molar-refractivity contribution in [1.29, 1.82) is 0 Å². The molecule has 0 aromatic heterocycles. The molecule has 61 heavy (non-hydrogen) atoms. The number of ether oxygens (including phenoxy) is 1. The minimum atomic E-state index is -0.837. The first kappa shape index (κ1) is 49.3. The smallest absolute Gasteiger partial charge is 0.316 e. The van der Waals surface area contributed by atoms with Gasteiger partial charge in [-0.3, -0.25) is 19.2 Å². The van der Waals surface area contributed by atoms with E-state index in [-0.39, 0.29) is 45.1 Å². The number of aryl methyl sites for hydroxylation is 2. The van der Waals surface area contributed by atoms with E-state index in [1.54, 1.807) is 75.3 Å². The lowest BCUT2D eigenvalue weighted by Crippen LogP contribution is -2.40. The maximum absolute atomic E-state index is 12.9. The SMILES string of the molecule is CC(C)(C)C(=O)Cl.Cc1cc(C2=C(O)C(C)(C)NC2=O)c(Cl)cc1-c1cccc(Cl)c1.Cc1cc(C2=C(OC(=O)C(C)(C)C)C(C)(C)NC2=O)c(Cl)cc1-c1cccc(Cl)c1. The van der Waals surface area contributed by atoms with Crippen LogP contribution >= 0.6 is 58.0 Å². The van der Waals surface area contributed by atoms with E-state index in [4.69, 9.17) is 62.7 Å². The molecule has 0 saturated heterocycles. The van der Waals surface area contributed by atoms with Gasteiger partial charge in [-0.05, 0) is 156 Å². The molecule has 2 aliphatic heterocycles. The molecule has 0 spiro atoms. The molecule has 8 nitrogen and oxygen atoms in total. The number of benzene rings is 4. The summed E-state index contributed by atoms with van der Waals surface area (Å²) in [5.41, 5.74) is 4.43. The van der Waals surface area contributed by atoms with Gasteiger partial charge in [-0.2, -0.15) is 0 Å². The summed E-state index contributed by atoms with van der Waals surface area (Å²) in [4.78, 5) is 47.9. The van der Waals surface area contributed by atoms with Crippen molar-refractivity contribution < 1.29 is 29.0 Å². The van der Waals surface area contributed by atoms with Crippen molar-refractivity contribution >= 4 is 92.2 Å². The van der Waals surface area contributed by atoms with Crippen LogP contribution in [0, 0.1) is 24.7 Å². The quantitative estimate of drug-likeness (QED) is 0.135. The number of halogens is 5. The van der Waals surface area contributed by atoms with Gasteiger partial charge in [0.1, 0.15) is 11.5 Å². The molecule has 0 unspecified atom stereocenters. The van der Waals surface area contributed by atoms with Crippen LogP contribution in [0.3, 0.4) is 0 Å². The van der Waals surface area contributed by atoms with Gasteiger partial charge in [0, 0.05) is 36.6 Å². The van der Waals surface area contributed by atoms with E-state index in [0.717, 1.165) is 33.4 Å². The summed E-state index contributed by atoms with van der Waals surface area (Å²) in [6, 6.07) is 22.3. The lowest BCUT2D eigenvalue weighted by Gasteiger charge is -2.25. The Balaban J connectivity index is 0.000000236. The highest BCUT2D eigenvalue weighted by Crippen LogP contribution is 2.41. The molecule has 2 heterocycles. The minimum Gasteiger partial charge on any atom is -0.509 e. The summed E-state index contributed by atoms with van der Waals surface area (Å²) >= 11 is 30.4. The molecule has 6 rings (SSSR count). The Morgan fingerprint density at radius 1 is 0.607 bits per heavy atom. The molecule has 13 heteroatoms. The molecular formula is C48H51Cl5N2O6. The fourth-order valence-electron chi connectivity index (χ4n) is 6.24. The number of esters is 1. The monoisotopic (exact) mass is 926 g/mol. The fraction of sp³-hybridized carbons (Fsp3) is 0.333. The molecule has 0 radical (unpaired) electrons. The molecule has 3 N–H and O–H groups in total. The normalized spacial score (nSPS) is 15.6. The summed E-state index contributed by atoms with van der Waals surface area (Å²) in [7, 11) is 0. The van der Waals surface area contributed by atoms with Crippen LogP contribution in [0.5, 0.6) is 0 Å². The van der Waals surface area contributed by atoms with E-state index < -0.39 is 22.5 Å². The third kappa shape index (κ3) is 11.6. The molecule has 4 aromatic rings. The lowest BCUT2D eigenvalue weighted by molar-refractivity contribution is -0.149. The van der Waals surface area contributed by atoms with E-state index in [1.807, 2.05) is 80.6 Å². The zero-order valence-electron chi connectivity index (χ0n) is 36.3. The highest BCUT2D eigenvalue weighted by atomic mass is 35.5. The van der Waals surface area contributed by atoms with Crippen molar-refractivity contribution in [3.05, 3.63) is 127 Å². The average molecular weight is 929 g/mol. The molecule has 0 bridgehead atoms. The van der Waals surface area contributed by atoms with Crippen molar-refractivity contribution in [3.63, 3.8) is 0 Å².